The lowest BCUT2D eigenvalue weighted by Gasteiger charge is -2.03. The predicted molar refractivity (Wildman–Crippen MR) is 109 cm³/mol. The molecule has 110 valence electrons. The van der Waals surface area contributed by atoms with Crippen LogP contribution in [0.2, 0.25) is 0 Å². The van der Waals surface area contributed by atoms with Crippen molar-refractivity contribution in [1.82, 2.24) is 0 Å². The Morgan fingerprint density at radius 1 is 0.625 bits per heavy atom. The first kappa shape index (κ1) is 12.8. The highest BCUT2D eigenvalue weighted by molar-refractivity contribution is 7.26. The Bertz CT molecular complexity index is 1310. The summed E-state index contributed by atoms with van der Waals surface area (Å²) in [5, 5.41) is 5.57. The number of thiophene rings is 1. The molecule has 0 saturated carbocycles. The highest BCUT2D eigenvalue weighted by Gasteiger charge is 2.22. The van der Waals surface area contributed by atoms with E-state index in [1.807, 2.05) is 11.3 Å². The number of benzene rings is 4. The van der Waals surface area contributed by atoms with Gasteiger partial charge in [-0.05, 0) is 56.6 Å². The number of rotatable bonds is 0. The van der Waals surface area contributed by atoms with E-state index < -0.39 is 0 Å². The van der Waals surface area contributed by atoms with Gasteiger partial charge in [0.15, 0.2) is 0 Å². The minimum absolute atomic E-state index is 1.34. The van der Waals surface area contributed by atoms with Crippen LogP contribution >= 0.6 is 11.3 Å². The second-order valence-corrected chi connectivity index (χ2v) is 7.74. The fourth-order valence-corrected chi connectivity index (χ4v) is 5.49. The van der Waals surface area contributed by atoms with Gasteiger partial charge in [-0.15, -0.1) is 11.3 Å². The summed E-state index contributed by atoms with van der Waals surface area (Å²) in [4.78, 5) is 0. The average molecular weight is 320 g/mol. The van der Waals surface area contributed by atoms with E-state index in [2.05, 4.69) is 74.6 Å². The van der Waals surface area contributed by atoms with Crippen LogP contribution in [0.25, 0.3) is 53.2 Å². The molecule has 0 atom stereocenters. The Hall–Kier alpha value is -2.58. The fourth-order valence-electron chi connectivity index (χ4n) is 4.28. The molecule has 1 aliphatic carbocycles. The van der Waals surface area contributed by atoms with E-state index in [1.165, 1.54) is 58.7 Å². The molecular weight excluding hydrogens is 307 g/mol. The van der Waals surface area contributed by atoms with Crippen LogP contribution in [0.5, 0.6) is 0 Å². The molecule has 5 aromatic rings. The smallest absolute Gasteiger partial charge is 0.135 e. The Morgan fingerprint density at radius 3 is 2.12 bits per heavy atom. The third-order valence-corrected chi connectivity index (χ3v) is 6.45. The van der Waals surface area contributed by atoms with Crippen molar-refractivity contribution < 1.29 is 0 Å². The van der Waals surface area contributed by atoms with Gasteiger partial charge in [0, 0.05) is 14.8 Å². The third kappa shape index (κ3) is 1.45. The lowest BCUT2D eigenvalue weighted by molar-refractivity contribution is 1.78. The van der Waals surface area contributed by atoms with Gasteiger partial charge in [-0.2, -0.15) is 0 Å². The molecular formula is C22H13BS. The van der Waals surface area contributed by atoms with Crippen molar-refractivity contribution in [2.45, 2.75) is 0 Å². The molecule has 0 fully saturated rings. The largest absolute Gasteiger partial charge is 0.140 e. The molecule has 0 amide bonds. The molecule has 4 aromatic carbocycles. The molecule has 0 bridgehead atoms. The van der Waals surface area contributed by atoms with E-state index >= 15 is 0 Å². The van der Waals surface area contributed by atoms with Crippen LogP contribution in [0.1, 0.15) is 0 Å². The van der Waals surface area contributed by atoms with Gasteiger partial charge in [-0.25, -0.2) is 0 Å². The van der Waals surface area contributed by atoms with E-state index in [0.29, 0.717) is 0 Å². The molecule has 2 heteroatoms. The summed E-state index contributed by atoms with van der Waals surface area (Å²) in [5.41, 5.74) is 6.91. The zero-order valence-corrected chi connectivity index (χ0v) is 14.1. The van der Waals surface area contributed by atoms with Gasteiger partial charge in [-0.1, -0.05) is 54.0 Å². The zero-order chi connectivity index (χ0) is 15.8. The van der Waals surface area contributed by atoms with E-state index in [9.17, 15) is 0 Å². The van der Waals surface area contributed by atoms with Crippen molar-refractivity contribution in [3.8, 4) is 22.3 Å². The summed E-state index contributed by atoms with van der Waals surface area (Å²) in [6, 6.07) is 24.8. The molecule has 1 aromatic heterocycles. The highest BCUT2D eigenvalue weighted by Crippen LogP contribution is 2.50. The molecule has 1 heterocycles. The maximum Gasteiger partial charge on any atom is 0.140 e. The summed E-state index contributed by atoms with van der Waals surface area (Å²) in [6.45, 7) is 0. The number of fused-ring (bicyclic) bond motifs is 6. The van der Waals surface area contributed by atoms with Gasteiger partial charge in [0.05, 0.1) is 0 Å². The first-order valence-electron chi connectivity index (χ1n) is 8.29. The second-order valence-electron chi connectivity index (χ2n) is 6.65. The summed E-state index contributed by atoms with van der Waals surface area (Å²) >= 11 is 1.91. The maximum atomic E-state index is 2.42. The number of hydrogen-bond acceptors (Lipinski definition) is 1. The van der Waals surface area contributed by atoms with Gasteiger partial charge in [0.25, 0.3) is 0 Å². The molecule has 0 unspecified atom stereocenters. The van der Waals surface area contributed by atoms with E-state index in [-0.39, 0.29) is 0 Å². The van der Waals surface area contributed by atoms with Crippen molar-refractivity contribution in [3.63, 3.8) is 0 Å². The maximum absolute atomic E-state index is 2.42. The summed E-state index contributed by atoms with van der Waals surface area (Å²) in [7, 11) is 2.22. The zero-order valence-electron chi connectivity index (χ0n) is 13.3. The Morgan fingerprint density at radius 2 is 1.33 bits per heavy atom. The molecule has 6 rings (SSSR count). The summed E-state index contributed by atoms with van der Waals surface area (Å²) in [5.74, 6) is 0. The molecule has 0 radical (unpaired) electrons. The highest BCUT2D eigenvalue weighted by atomic mass is 32.1. The SMILES string of the molecule is Bc1cccc2sc3cc4c(cc3c12)-c1cccc2cccc-4c12. The molecule has 0 spiro atoms. The van der Waals surface area contributed by atoms with Gasteiger partial charge in [0.2, 0.25) is 0 Å². The Kier molecular flexibility index (Phi) is 2.28. The minimum Gasteiger partial charge on any atom is -0.135 e. The number of hydrogen-bond donors (Lipinski definition) is 0. The van der Waals surface area contributed by atoms with Crippen molar-refractivity contribution in [3.05, 3.63) is 66.7 Å². The van der Waals surface area contributed by atoms with Crippen LogP contribution in [0, 0.1) is 0 Å². The molecule has 0 nitrogen and oxygen atoms in total. The Labute approximate surface area is 144 Å². The molecule has 0 saturated heterocycles. The van der Waals surface area contributed by atoms with Crippen LogP contribution in [0.3, 0.4) is 0 Å². The lowest BCUT2D eigenvalue weighted by atomic mass is 9.90. The fraction of sp³-hybridized carbons (Fsp3) is 0. The van der Waals surface area contributed by atoms with E-state index in [1.54, 1.807) is 0 Å². The van der Waals surface area contributed by atoms with Gasteiger partial charge in [-0.3, -0.25) is 0 Å². The summed E-state index contributed by atoms with van der Waals surface area (Å²) in [6.07, 6.45) is 0. The topological polar surface area (TPSA) is 0 Å². The molecule has 1 aliphatic rings. The van der Waals surface area contributed by atoms with Crippen molar-refractivity contribution in [1.29, 1.82) is 0 Å². The first-order chi connectivity index (χ1) is 11.8. The van der Waals surface area contributed by atoms with Crippen LogP contribution < -0.4 is 5.46 Å². The van der Waals surface area contributed by atoms with Crippen molar-refractivity contribution in [2.24, 2.45) is 0 Å². The van der Waals surface area contributed by atoms with E-state index in [4.69, 9.17) is 0 Å². The van der Waals surface area contributed by atoms with Crippen molar-refractivity contribution in [2.75, 3.05) is 0 Å². The quantitative estimate of drug-likeness (QED) is 0.341. The minimum atomic E-state index is 1.34. The average Bonchev–Trinajstić information content (AvgIpc) is 3.12. The second kappa shape index (κ2) is 4.28. The third-order valence-electron chi connectivity index (χ3n) is 5.33. The normalized spacial score (nSPS) is 12.3. The Balaban J connectivity index is 1.83. The van der Waals surface area contributed by atoms with Crippen LogP contribution in [-0.4, -0.2) is 7.85 Å². The molecule has 0 N–H and O–H groups in total. The first-order valence-corrected chi connectivity index (χ1v) is 9.11. The monoisotopic (exact) mass is 320 g/mol. The summed E-state index contributed by atoms with van der Waals surface area (Å²) < 4.78 is 2.78. The van der Waals surface area contributed by atoms with Crippen LogP contribution in [-0.2, 0) is 0 Å². The molecule has 0 aliphatic heterocycles. The predicted octanol–water partition coefficient (Wildman–Crippen LogP) is 5.11. The van der Waals surface area contributed by atoms with Crippen molar-refractivity contribution >= 4 is 55.6 Å². The van der Waals surface area contributed by atoms with Gasteiger partial charge in [0.1, 0.15) is 7.85 Å². The van der Waals surface area contributed by atoms with Crippen LogP contribution in [0.15, 0.2) is 66.7 Å². The molecule has 24 heavy (non-hydrogen) atoms. The standard InChI is InChI=1S/C22H13BS/c23-18-8-3-9-19-22(18)17-10-15-13-6-1-4-12-5-2-7-14(21(12)13)16(15)11-20(17)24-19/h1-11H,23H2. The lowest BCUT2D eigenvalue weighted by Crippen LogP contribution is -2.01. The van der Waals surface area contributed by atoms with Gasteiger partial charge < -0.3 is 0 Å². The van der Waals surface area contributed by atoms with Gasteiger partial charge >= 0.3 is 0 Å². The van der Waals surface area contributed by atoms with Crippen LogP contribution in [0.4, 0.5) is 0 Å². The van der Waals surface area contributed by atoms with E-state index in [0.717, 1.165) is 0 Å².